The van der Waals surface area contributed by atoms with Crippen molar-refractivity contribution in [3.8, 4) is 11.4 Å². The summed E-state index contributed by atoms with van der Waals surface area (Å²) < 4.78 is 3.99. The summed E-state index contributed by atoms with van der Waals surface area (Å²) in [4.78, 5) is 22.5. The quantitative estimate of drug-likeness (QED) is 0.323. The number of para-hydroxylation sites is 1. The molecular formula is C26H22N6OS. The number of thioether (sulfide) groups is 1. The van der Waals surface area contributed by atoms with Crippen molar-refractivity contribution in [1.29, 1.82) is 0 Å². The van der Waals surface area contributed by atoms with Crippen LogP contribution in [0.1, 0.15) is 30.3 Å². The van der Waals surface area contributed by atoms with Crippen molar-refractivity contribution >= 4 is 22.7 Å². The summed E-state index contributed by atoms with van der Waals surface area (Å²) in [6, 6.07) is 21.9. The Labute approximate surface area is 200 Å². The summed E-state index contributed by atoms with van der Waals surface area (Å²) in [5.74, 6) is 2.09. The molecule has 0 amide bonds. The number of aromatic nitrogens is 6. The molecule has 0 bridgehead atoms. The second-order valence-corrected chi connectivity index (χ2v) is 9.30. The zero-order valence-corrected chi connectivity index (χ0v) is 19.2. The van der Waals surface area contributed by atoms with Gasteiger partial charge in [-0.05, 0) is 42.7 Å². The van der Waals surface area contributed by atoms with Crippen molar-refractivity contribution in [2.24, 2.45) is 0 Å². The van der Waals surface area contributed by atoms with E-state index in [0.717, 1.165) is 40.8 Å². The Kier molecular flexibility index (Phi) is 5.43. The summed E-state index contributed by atoms with van der Waals surface area (Å²) in [6.45, 7) is 0.476. The van der Waals surface area contributed by atoms with Crippen molar-refractivity contribution in [3.05, 3.63) is 101 Å². The van der Waals surface area contributed by atoms with E-state index < -0.39 is 0 Å². The third-order valence-electron chi connectivity index (χ3n) is 5.95. The number of rotatable bonds is 7. The molecule has 2 aromatic carbocycles. The monoisotopic (exact) mass is 466 g/mol. The average Bonchev–Trinajstić information content (AvgIpc) is 3.64. The molecule has 0 atom stereocenters. The second kappa shape index (κ2) is 8.87. The van der Waals surface area contributed by atoms with Gasteiger partial charge in [-0.3, -0.25) is 18.9 Å². The minimum atomic E-state index is -0.0234. The van der Waals surface area contributed by atoms with Crippen LogP contribution in [0.2, 0.25) is 0 Å². The molecule has 8 heteroatoms. The average molecular weight is 467 g/mol. The molecule has 7 nitrogen and oxygen atoms in total. The molecule has 1 saturated carbocycles. The SMILES string of the molecule is O=c1c2ccccc2nc(CSc2nnc(-c3cccnc3)n2C2CC2)n1Cc1ccccc1. The number of pyridine rings is 1. The Morgan fingerprint density at radius 2 is 1.76 bits per heavy atom. The summed E-state index contributed by atoms with van der Waals surface area (Å²) >= 11 is 1.57. The van der Waals surface area contributed by atoms with E-state index in [1.54, 1.807) is 22.5 Å². The lowest BCUT2D eigenvalue weighted by molar-refractivity contribution is 0.666. The first-order chi connectivity index (χ1) is 16.8. The van der Waals surface area contributed by atoms with Gasteiger partial charge in [0, 0.05) is 24.0 Å². The minimum absolute atomic E-state index is 0.0234. The van der Waals surface area contributed by atoms with Gasteiger partial charge < -0.3 is 0 Å². The molecule has 6 rings (SSSR count). The van der Waals surface area contributed by atoms with Crippen LogP contribution in [0, 0.1) is 0 Å². The standard InChI is InChI=1S/C26H22N6OS/c33-25-21-10-4-5-11-22(21)28-23(31(25)16-18-7-2-1-3-8-18)17-34-26-30-29-24(32(26)20-12-13-20)19-9-6-14-27-15-19/h1-11,14-15,20H,12-13,16-17H2. The third kappa shape index (κ3) is 4.01. The Bertz CT molecular complexity index is 1510. The van der Waals surface area contributed by atoms with E-state index in [2.05, 4.69) is 19.7 Å². The minimum Gasteiger partial charge on any atom is -0.299 e. The number of hydrogen-bond donors (Lipinski definition) is 0. The third-order valence-corrected chi connectivity index (χ3v) is 6.89. The van der Waals surface area contributed by atoms with Crippen LogP contribution in [0.5, 0.6) is 0 Å². The van der Waals surface area contributed by atoms with E-state index in [1.807, 2.05) is 72.9 Å². The molecule has 1 aliphatic rings. The first-order valence-electron chi connectivity index (χ1n) is 11.3. The summed E-state index contributed by atoms with van der Waals surface area (Å²) in [5, 5.41) is 10.5. The maximum absolute atomic E-state index is 13.4. The topological polar surface area (TPSA) is 78.5 Å². The van der Waals surface area contributed by atoms with Crippen LogP contribution >= 0.6 is 11.8 Å². The van der Waals surface area contributed by atoms with Crippen LogP contribution in [-0.2, 0) is 12.3 Å². The first kappa shape index (κ1) is 20.8. The highest BCUT2D eigenvalue weighted by Crippen LogP contribution is 2.41. The predicted octanol–water partition coefficient (Wildman–Crippen LogP) is 4.73. The van der Waals surface area contributed by atoms with Gasteiger partial charge in [0.25, 0.3) is 5.56 Å². The molecule has 5 aromatic rings. The Morgan fingerprint density at radius 1 is 0.941 bits per heavy atom. The molecule has 0 radical (unpaired) electrons. The van der Waals surface area contributed by atoms with E-state index in [0.29, 0.717) is 29.2 Å². The highest BCUT2D eigenvalue weighted by atomic mass is 32.2. The fourth-order valence-corrected chi connectivity index (χ4v) is 5.06. The van der Waals surface area contributed by atoms with Gasteiger partial charge in [-0.25, -0.2) is 4.98 Å². The smallest absolute Gasteiger partial charge is 0.261 e. The molecule has 0 N–H and O–H groups in total. The van der Waals surface area contributed by atoms with Gasteiger partial charge in [0.05, 0.1) is 23.2 Å². The van der Waals surface area contributed by atoms with Crippen molar-refractivity contribution in [1.82, 2.24) is 29.3 Å². The first-order valence-corrected chi connectivity index (χ1v) is 12.3. The van der Waals surface area contributed by atoms with Gasteiger partial charge in [0.2, 0.25) is 0 Å². The maximum Gasteiger partial charge on any atom is 0.261 e. The molecule has 1 fully saturated rings. The number of hydrogen-bond acceptors (Lipinski definition) is 6. The van der Waals surface area contributed by atoms with E-state index in [-0.39, 0.29) is 5.56 Å². The van der Waals surface area contributed by atoms with Crippen LogP contribution in [-0.4, -0.2) is 29.3 Å². The second-order valence-electron chi connectivity index (χ2n) is 8.36. The molecule has 0 spiro atoms. The van der Waals surface area contributed by atoms with Gasteiger partial charge in [0.15, 0.2) is 11.0 Å². The van der Waals surface area contributed by atoms with Crippen LogP contribution in [0.15, 0.2) is 89.1 Å². The Morgan fingerprint density at radius 3 is 2.56 bits per heavy atom. The van der Waals surface area contributed by atoms with Crippen molar-refractivity contribution in [2.75, 3.05) is 0 Å². The van der Waals surface area contributed by atoms with E-state index in [1.165, 1.54) is 0 Å². The van der Waals surface area contributed by atoms with Gasteiger partial charge >= 0.3 is 0 Å². The van der Waals surface area contributed by atoms with Crippen LogP contribution < -0.4 is 5.56 Å². The Balaban J connectivity index is 1.37. The van der Waals surface area contributed by atoms with Gasteiger partial charge in [-0.1, -0.05) is 54.2 Å². The number of fused-ring (bicyclic) bond motifs is 1. The van der Waals surface area contributed by atoms with E-state index in [9.17, 15) is 4.79 Å². The van der Waals surface area contributed by atoms with Crippen LogP contribution in [0.4, 0.5) is 0 Å². The molecule has 34 heavy (non-hydrogen) atoms. The highest BCUT2D eigenvalue weighted by Gasteiger charge is 2.30. The predicted molar refractivity (Wildman–Crippen MR) is 133 cm³/mol. The molecule has 0 saturated heterocycles. The molecule has 0 unspecified atom stereocenters. The van der Waals surface area contributed by atoms with Gasteiger partial charge in [-0.15, -0.1) is 10.2 Å². The largest absolute Gasteiger partial charge is 0.299 e. The lowest BCUT2D eigenvalue weighted by Gasteiger charge is -2.14. The maximum atomic E-state index is 13.4. The molecular weight excluding hydrogens is 444 g/mol. The lowest BCUT2D eigenvalue weighted by atomic mass is 10.2. The number of benzene rings is 2. The lowest BCUT2D eigenvalue weighted by Crippen LogP contribution is -2.25. The molecule has 1 aliphatic carbocycles. The highest BCUT2D eigenvalue weighted by molar-refractivity contribution is 7.98. The zero-order valence-electron chi connectivity index (χ0n) is 18.4. The normalized spacial score (nSPS) is 13.4. The fraction of sp³-hybridized carbons (Fsp3) is 0.192. The van der Waals surface area contributed by atoms with Crippen molar-refractivity contribution in [3.63, 3.8) is 0 Å². The number of nitrogens with zero attached hydrogens (tertiary/aromatic N) is 6. The van der Waals surface area contributed by atoms with E-state index in [4.69, 9.17) is 4.98 Å². The van der Waals surface area contributed by atoms with Gasteiger partial charge in [0.1, 0.15) is 5.82 Å². The summed E-state index contributed by atoms with van der Waals surface area (Å²) in [5.41, 5.74) is 2.71. The van der Waals surface area contributed by atoms with Crippen LogP contribution in [0.3, 0.4) is 0 Å². The Hall–Kier alpha value is -3.78. The van der Waals surface area contributed by atoms with E-state index >= 15 is 0 Å². The van der Waals surface area contributed by atoms with Crippen LogP contribution in [0.25, 0.3) is 22.3 Å². The molecule has 3 aromatic heterocycles. The summed E-state index contributed by atoms with van der Waals surface area (Å²) in [6.07, 6.45) is 5.81. The van der Waals surface area contributed by atoms with Crippen molar-refractivity contribution < 1.29 is 0 Å². The zero-order chi connectivity index (χ0) is 22.9. The molecule has 0 aliphatic heterocycles. The van der Waals surface area contributed by atoms with Gasteiger partial charge in [-0.2, -0.15) is 0 Å². The molecule has 168 valence electrons. The summed E-state index contributed by atoms with van der Waals surface area (Å²) in [7, 11) is 0. The van der Waals surface area contributed by atoms with Crippen molar-refractivity contribution in [2.45, 2.75) is 36.3 Å². The molecule has 3 heterocycles. The fourth-order valence-electron chi connectivity index (χ4n) is 4.11.